The lowest BCUT2D eigenvalue weighted by Gasteiger charge is -2.09. The predicted octanol–water partition coefficient (Wildman–Crippen LogP) is 2.92. The largest absolute Gasteiger partial charge is 0.360 e. The van der Waals surface area contributed by atoms with Crippen molar-refractivity contribution in [2.75, 3.05) is 5.32 Å². The summed E-state index contributed by atoms with van der Waals surface area (Å²) in [7, 11) is 0. The number of hydrogen-bond donors (Lipinski definition) is 1. The molecule has 0 saturated carbocycles. The number of nitrogens with zero attached hydrogens (tertiary/aromatic N) is 4. The van der Waals surface area contributed by atoms with Crippen LogP contribution in [0.1, 0.15) is 12.7 Å². The van der Waals surface area contributed by atoms with Crippen molar-refractivity contribution in [3.8, 4) is 17.8 Å². The smallest absolute Gasteiger partial charge is 0.149 e. The fourth-order valence-corrected chi connectivity index (χ4v) is 1.85. The number of allylic oxidation sites excluding steroid dienone is 1. The highest BCUT2D eigenvalue weighted by Gasteiger charge is 2.09. The maximum atomic E-state index is 14.2. The van der Waals surface area contributed by atoms with Crippen LogP contribution >= 0.6 is 0 Å². The van der Waals surface area contributed by atoms with Crippen molar-refractivity contribution in [1.82, 2.24) is 9.55 Å². The number of aryl methyl sites for hydroxylation is 1. The van der Waals surface area contributed by atoms with E-state index < -0.39 is 5.82 Å². The molecule has 0 unspecified atom stereocenters. The molecular formula is C15H12FN5. The zero-order valence-corrected chi connectivity index (χ0v) is 11.3. The lowest BCUT2D eigenvalue weighted by molar-refractivity contribution is 0.616. The van der Waals surface area contributed by atoms with E-state index in [1.54, 1.807) is 41.2 Å². The van der Waals surface area contributed by atoms with Gasteiger partial charge in [0.1, 0.15) is 29.4 Å². The third kappa shape index (κ3) is 3.07. The number of aromatic nitrogens is 2. The first-order chi connectivity index (χ1) is 10.2. The number of anilines is 1. The molecule has 104 valence electrons. The van der Waals surface area contributed by atoms with E-state index in [0.717, 1.165) is 5.82 Å². The van der Waals surface area contributed by atoms with Crippen LogP contribution in [0.25, 0.3) is 5.69 Å². The normalized spacial score (nSPS) is 9.52. The number of nitriles is 2. The maximum absolute atomic E-state index is 14.2. The van der Waals surface area contributed by atoms with Crippen LogP contribution in [0.5, 0.6) is 0 Å². The molecule has 1 N–H and O–H groups in total. The molecule has 21 heavy (non-hydrogen) atoms. The van der Waals surface area contributed by atoms with Crippen molar-refractivity contribution in [1.29, 1.82) is 10.5 Å². The molecular weight excluding hydrogens is 269 g/mol. The van der Waals surface area contributed by atoms with Crippen LogP contribution in [0.4, 0.5) is 10.1 Å². The zero-order valence-electron chi connectivity index (χ0n) is 11.3. The number of halogens is 1. The van der Waals surface area contributed by atoms with Crippen molar-refractivity contribution in [2.24, 2.45) is 0 Å². The summed E-state index contributed by atoms with van der Waals surface area (Å²) in [6.45, 7) is 1.95. The Balaban J connectivity index is 2.29. The Labute approximate surface area is 121 Å². The quantitative estimate of drug-likeness (QED) is 0.874. The lowest BCUT2D eigenvalue weighted by atomic mass is 10.2. The molecule has 0 radical (unpaired) electrons. The van der Waals surface area contributed by atoms with Crippen molar-refractivity contribution >= 4 is 5.69 Å². The van der Waals surface area contributed by atoms with Gasteiger partial charge in [-0.15, -0.1) is 0 Å². The van der Waals surface area contributed by atoms with Crippen LogP contribution in [0, 0.1) is 28.5 Å². The minimum absolute atomic E-state index is 0.0811. The summed E-state index contributed by atoms with van der Waals surface area (Å²) in [5, 5.41) is 20.0. The van der Waals surface area contributed by atoms with Gasteiger partial charge in [-0.05, 0) is 18.2 Å². The van der Waals surface area contributed by atoms with Gasteiger partial charge >= 0.3 is 0 Å². The number of rotatable bonds is 4. The van der Waals surface area contributed by atoms with Crippen molar-refractivity contribution in [2.45, 2.75) is 13.3 Å². The molecule has 6 heteroatoms. The minimum Gasteiger partial charge on any atom is -0.360 e. The third-order valence-corrected chi connectivity index (χ3v) is 2.86. The highest BCUT2D eigenvalue weighted by atomic mass is 19.1. The number of imidazole rings is 1. The Kier molecular flexibility index (Phi) is 4.33. The topological polar surface area (TPSA) is 77.4 Å². The first-order valence-electron chi connectivity index (χ1n) is 6.28. The summed E-state index contributed by atoms with van der Waals surface area (Å²) in [5.74, 6) is 0.349. The number of nitrogens with one attached hydrogen (secondary N) is 1. The summed E-state index contributed by atoms with van der Waals surface area (Å²) in [4.78, 5) is 4.16. The molecule has 0 bridgehead atoms. The van der Waals surface area contributed by atoms with Crippen LogP contribution in [0.3, 0.4) is 0 Å². The maximum Gasteiger partial charge on any atom is 0.149 e. The first kappa shape index (κ1) is 14.3. The second kappa shape index (κ2) is 6.36. The second-order valence-electron chi connectivity index (χ2n) is 4.16. The van der Waals surface area contributed by atoms with Crippen LogP contribution in [-0.2, 0) is 6.42 Å². The SMILES string of the molecule is CCc1nccn1-c1ccc(NC=C(C#N)C#N)cc1F. The van der Waals surface area contributed by atoms with Crippen molar-refractivity contribution < 1.29 is 4.39 Å². The van der Waals surface area contributed by atoms with E-state index in [0.29, 0.717) is 17.8 Å². The van der Waals surface area contributed by atoms with Crippen molar-refractivity contribution in [3.63, 3.8) is 0 Å². The summed E-state index contributed by atoms with van der Waals surface area (Å²) >= 11 is 0. The van der Waals surface area contributed by atoms with Gasteiger partial charge in [0.15, 0.2) is 0 Å². The highest BCUT2D eigenvalue weighted by Crippen LogP contribution is 2.20. The van der Waals surface area contributed by atoms with E-state index in [9.17, 15) is 4.39 Å². The van der Waals surface area contributed by atoms with Gasteiger partial charge in [-0.25, -0.2) is 9.37 Å². The van der Waals surface area contributed by atoms with Gasteiger partial charge in [-0.3, -0.25) is 0 Å². The lowest BCUT2D eigenvalue weighted by Crippen LogP contribution is -2.02. The molecule has 1 heterocycles. The fourth-order valence-electron chi connectivity index (χ4n) is 1.85. The molecule has 0 amide bonds. The third-order valence-electron chi connectivity index (χ3n) is 2.86. The predicted molar refractivity (Wildman–Crippen MR) is 75.8 cm³/mol. The zero-order chi connectivity index (χ0) is 15.2. The molecule has 2 rings (SSSR count). The van der Waals surface area contributed by atoms with Gasteiger partial charge in [0.2, 0.25) is 0 Å². The Hall–Kier alpha value is -3.12. The van der Waals surface area contributed by atoms with Gasteiger partial charge in [-0.2, -0.15) is 10.5 Å². The summed E-state index contributed by atoms with van der Waals surface area (Å²) in [6.07, 6.45) is 5.26. The van der Waals surface area contributed by atoms with Crippen LogP contribution in [0.2, 0.25) is 0 Å². The Morgan fingerprint density at radius 3 is 2.81 bits per heavy atom. The van der Waals surface area contributed by atoms with Crippen LogP contribution in [0.15, 0.2) is 42.4 Å². The minimum atomic E-state index is -0.420. The average molecular weight is 281 g/mol. The summed E-state index contributed by atoms with van der Waals surface area (Å²) in [5.41, 5.74) is 0.777. The number of hydrogen-bond acceptors (Lipinski definition) is 4. The van der Waals surface area contributed by atoms with E-state index in [-0.39, 0.29) is 5.57 Å². The van der Waals surface area contributed by atoms with Crippen molar-refractivity contribution in [3.05, 3.63) is 54.0 Å². The summed E-state index contributed by atoms with van der Waals surface area (Å²) < 4.78 is 15.9. The van der Waals surface area contributed by atoms with Gasteiger partial charge in [0, 0.05) is 30.7 Å². The standard InChI is InChI=1S/C15H12FN5/c1-2-15-19-5-6-21(15)14-4-3-12(7-13(14)16)20-10-11(8-17)9-18/h3-7,10,20H,2H2,1H3. The number of benzene rings is 1. The van der Waals surface area contributed by atoms with Crippen LogP contribution < -0.4 is 5.32 Å². The molecule has 0 saturated heterocycles. The fraction of sp³-hybridized carbons (Fsp3) is 0.133. The summed E-state index contributed by atoms with van der Waals surface area (Å²) in [6, 6.07) is 8.02. The van der Waals surface area contributed by atoms with E-state index in [2.05, 4.69) is 10.3 Å². The molecule has 0 aliphatic rings. The van der Waals surface area contributed by atoms with E-state index in [1.807, 2.05) is 6.92 Å². The van der Waals surface area contributed by atoms with E-state index in [4.69, 9.17) is 10.5 Å². The van der Waals surface area contributed by atoms with Gasteiger partial charge in [-0.1, -0.05) is 6.92 Å². The van der Waals surface area contributed by atoms with Gasteiger partial charge in [0.05, 0.1) is 5.69 Å². The van der Waals surface area contributed by atoms with Gasteiger partial charge in [0.25, 0.3) is 0 Å². The van der Waals surface area contributed by atoms with Crippen LogP contribution in [-0.4, -0.2) is 9.55 Å². The molecule has 0 spiro atoms. The van der Waals surface area contributed by atoms with Gasteiger partial charge < -0.3 is 9.88 Å². The molecule has 0 aliphatic heterocycles. The average Bonchev–Trinajstić information content (AvgIpc) is 2.96. The first-order valence-corrected chi connectivity index (χ1v) is 6.28. The molecule has 1 aromatic carbocycles. The Bertz CT molecular complexity index is 745. The molecule has 1 aromatic heterocycles. The second-order valence-corrected chi connectivity index (χ2v) is 4.16. The monoisotopic (exact) mass is 281 g/mol. The Morgan fingerprint density at radius 1 is 1.43 bits per heavy atom. The molecule has 0 atom stereocenters. The molecule has 2 aromatic rings. The Morgan fingerprint density at radius 2 is 2.19 bits per heavy atom. The van der Waals surface area contributed by atoms with E-state index in [1.165, 1.54) is 12.3 Å². The molecule has 0 fully saturated rings. The molecule has 0 aliphatic carbocycles. The molecule has 5 nitrogen and oxygen atoms in total. The van der Waals surface area contributed by atoms with E-state index >= 15 is 0 Å². The highest BCUT2D eigenvalue weighted by molar-refractivity contribution is 5.53.